The van der Waals surface area contributed by atoms with Gasteiger partial charge in [-0.1, -0.05) is 29.3 Å². The minimum Gasteiger partial charge on any atom is -0.398 e. The number of carbonyl (C=O) groups excluding carboxylic acids is 2. The number of anilines is 1. The van der Waals surface area contributed by atoms with Crippen molar-refractivity contribution in [3.63, 3.8) is 0 Å². The van der Waals surface area contributed by atoms with Crippen molar-refractivity contribution < 1.29 is 27.9 Å². The lowest BCUT2D eigenvalue weighted by atomic mass is 9.96. The standard InChI is InChI=1S/C24H27Cl2F3N4O3/c25-18-3-1-15(9-19(18)26)12-33-7-5-14(6-8-33)11-31-23(36)21(13-34)32-22(35)17-10-16(24(27,28)29)2-4-20(17)30/h1-4,9-10,14,21,34H,5-8,11-13,30H2,(H,31,36)(H,32,35)/t21-/m0/s1. The Morgan fingerprint density at radius 1 is 1.11 bits per heavy atom. The average molecular weight is 547 g/mol. The largest absolute Gasteiger partial charge is 0.416 e. The van der Waals surface area contributed by atoms with Crippen LogP contribution in [0.1, 0.15) is 34.3 Å². The summed E-state index contributed by atoms with van der Waals surface area (Å²) in [6, 6.07) is 6.55. The van der Waals surface area contributed by atoms with Crippen LogP contribution >= 0.6 is 23.2 Å². The van der Waals surface area contributed by atoms with Gasteiger partial charge in [-0.2, -0.15) is 13.2 Å². The highest BCUT2D eigenvalue weighted by atomic mass is 35.5. The SMILES string of the molecule is Nc1ccc(C(F)(F)F)cc1C(=O)N[C@@H](CO)C(=O)NCC1CCN(Cc2ccc(Cl)c(Cl)c2)CC1. The quantitative estimate of drug-likeness (QED) is 0.377. The van der Waals surface area contributed by atoms with Crippen molar-refractivity contribution in [2.75, 3.05) is 32.0 Å². The van der Waals surface area contributed by atoms with Gasteiger partial charge in [0.1, 0.15) is 6.04 Å². The van der Waals surface area contributed by atoms with E-state index in [4.69, 9.17) is 28.9 Å². The topological polar surface area (TPSA) is 108 Å². The highest BCUT2D eigenvalue weighted by Crippen LogP contribution is 2.31. The number of nitrogens with two attached hydrogens (primary N) is 1. The Kier molecular flexibility index (Phi) is 9.46. The van der Waals surface area contributed by atoms with Crippen LogP contribution in [-0.2, 0) is 17.5 Å². The fraction of sp³-hybridized carbons (Fsp3) is 0.417. The number of carbonyl (C=O) groups is 2. The Morgan fingerprint density at radius 3 is 2.42 bits per heavy atom. The number of benzene rings is 2. The van der Waals surface area contributed by atoms with Gasteiger partial charge in [-0.3, -0.25) is 14.5 Å². The zero-order valence-electron chi connectivity index (χ0n) is 19.2. The zero-order chi connectivity index (χ0) is 26.5. The van der Waals surface area contributed by atoms with Crippen LogP contribution in [0.3, 0.4) is 0 Å². The smallest absolute Gasteiger partial charge is 0.398 e. The van der Waals surface area contributed by atoms with Crippen LogP contribution in [0.4, 0.5) is 18.9 Å². The lowest BCUT2D eigenvalue weighted by Gasteiger charge is -2.32. The summed E-state index contributed by atoms with van der Waals surface area (Å²) in [7, 11) is 0. The molecule has 0 saturated carbocycles. The maximum atomic E-state index is 13.0. The van der Waals surface area contributed by atoms with Crippen LogP contribution in [0, 0.1) is 5.92 Å². The molecule has 1 aliphatic rings. The van der Waals surface area contributed by atoms with E-state index in [2.05, 4.69) is 15.5 Å². The van der Waals surface area contributed by atoms with Crippen LogP contribution in [-0.4, -0.2) is 54.1 Å². The van der Waals surface area contributed by atoms with E-state index in [0.29, 0.717) is 22.7 Å². The van der Waals surface area contributed by atoms with Gasteiger partial charge < -0.3 is 21.5 Å². The predicted octanol–water partition coefficient (Wildman–Crippen LogP) is 3.71. The van der Waals surface area contributed by atoms with Crippen molar-refractivity contribution in [2.45, 2.75) is 31.6 Å². The molecule has 5 N–H and O–H groups in total. The summed E-state index contributed by atoms with van der Waals surface area (Å²) < 4.78 is 38.9. The van der Waals surface area contributed by atoms with Crippen LogP contribution in [0.15, 0.2) is 36.4 Å². The second-order valence-electron chi connectivity index (χ2n) is 8.72. The van der Waals surface area contributed by atoms with Gasteiger partial charge in [-0.05, 0) is 67.7 Å². The van der Waals surface area contributed by atoms with E-state index in [1.807, 2.05) is 12.1 Å². The third-order valence-corrected chi connectivity index (χ3v) is 6.83. The molecule has 2 aromatic carbocycles. The number of nitrogen functional groups attached to an aromatic ring is 1. The Morgan fingerprint density at radius 2 is 1.81 bits per heavy atom. The number of aliphatic hydroxyl groups is 1. The van der Waals surface area contributed by atoms with Crippen molar-refractivity contribution in [3.8, 4) is 0 Å². The van der Waals surface area contributed by atoms with Gasteiger partial charge in [0.2, 0.25) is 5.91 Å². The van der Waals surface area contributed by atoms with E-state index >= 15 is 0 Å². The summed E-state index contributed by atoms with van der Waals surface area (Å²) in [6.07, 6.45) is -3.00. The van der Waals surface area contributed by atoms with Crippen molar-refractivity contribution in [2.24, 2.45) is 5.92 Å². The number of nitrogens with zero attached hydrogens (tertiary/aromatic N) is 1. The summed E-state index contributed by atoms with van der Waals surface area (Å²) >= 11 is 12.0. The second-order valence-corrected chi connectivity index (χ2v) is 9.54. The Balaban J connectivity index is 1.48. The number of aliphatic hydroxyl groups excluding tert-OH is 1. The monoisotopic (exact) mass is 546 g/mol. The van der Waals surface area contributed by atoms with Crippen molar-refractivity contribution >= 4 is 40.7 Å². The number of piperidine rings is 1. The minimum absolute atomic E-state index is 0.176. The molecule has 1 saturated heterocycles. The van der Waals surface area contributed by atoms with Gasteiger partial charge in [-0.25, -0.2) is 0 Å². The average Bonchev–Trinajstić information content (AvgIpc) is 2.83. The molecule has 3 rings (SSSR count). The highest BCUT2D eigenvalue weighted by Gasteiger charge is 2.32. The first-order chi connectivity index (χ1) is 17.0. The molecule has 1 heterocycles. The number of amides is 2. The van der Waals surface area contributed by atoms with Crippen LogP contribution < -0.4 is 16.4 Å². The molecule has 1 aliphatic heterocycles. The fourth-order valence-electron chi connectivity index (χ4n) is 3.97. The maximum Gasteiger partial charge on any atom is 0.416 e. The second kappa shape index (κ2) is 12.1. The first kappa shape index (κ1) is 28.0. The summed E-state index contributed by atoms with van der Waals surface area (Å²) in [5, 5.41) is 15.6. The van der Waals surface area contributed by atoms with E-state index in [0.717, 1.165) is 50.2 Å². The van der Waals surface area contributed by atoms with Gasteiger partial charge in [-0.15, -0.1) is 0 Å². The first-order valence-electron chi connectivity index (χ1n) is 11.3. The van der Waals surface area contributed by atoms with Gasteiger partial charge in [0, 0.05) is 18.8 Å². The summed E-state index contributed by atoms with van der Waals surface area (Å²) in [6.45, 7) is 1.98. The molecule has 1 atom stereocenters. The fourth-order valence-corrected chi connectivity index (χ4v) is 4.29. The molecule has 0 aromatic heterocycles. The van der Waals surface area contributed by atoms with Crippen molar-refractivity contribution in [1.82, 2.24) is 15.5 Å². The van der Waals surface area contributed by atoms with E-state index in [9.17, 15) is 27.9 Å². The number of rotatable bonds is 8. The van der Waals surface area contributed by atoms with E-state index in [1.165, 1.54) is 0 Å². The van der Waals surface area contributed by atoms with E-state index < -0.39 is 41.8 Å². The molecule has 2 aromatic rings. The summed E-state index contributed by atoms with van der Waals surface area (Å²) in [4.78, 5) is 27.3. The highest BCUT2D eigenvalue weighted by molar-refractivity contribution is 6.42. The summed E-state index contributed by atoms with van der Waals surface area (Å²) in [5.41, 5.74) is 5.06. The number of nitrogens with one attached hydrogen (secondary N) is 2. The molecule has 36 heavy (non-hydrogen) atoms. The molecule has 196 valence electrons. The van der Waals surface area contributed by atoms with E-state index in [-0.39, 0.29) is 11.6 Å². The lowest BCUT2D eigenvalue weighted by Crippen LogP contribution is -2.50. The maximum absolute atomic E-state index is 13.0. The van der Waals surface area contributed by atoms with Gasteiger partial charge in [0.15, 0.2) is 0 Å². The van der Waals surface area contributed by atoms with Gasteiger partial charge in [0.05, 0.1) is 27.8 Å². The normalized spacial score (nSPS) is 15.9. The van der Waals surface area contributed by atoms with E-state index in [1.54, 1.807) is 6.07 Å². The van der Waals surface area contributed by atoms with Crippen LogP contribution in [0.2, 0.25) is 10.0 Å². The van der Waals surface area contributed by atoms with Crippen molar-refractivity contribution in [3.05, 3.63) is 63.1 Å². The number of alkyl halides is 3. The molecular weight excluding hydrogens is 520 g/mol. The van der Waals surface area contributed by atoms with Crippen LogP contribution in [0.25, 0.3) is 0 Å². The van der Waals surface area contributed by atoms with Crippen LogP contribution in [0.5, 0.6) is 0 Å². The molecule has 0 aliphatic carbocycles. The minimum atomic E-state index is -4.66. The first-order valence-corrected chi connectivity index (χ1v) is 12.1. The van der Waals surface area contributed by atoms with Gasteiger partial charge in [0.25, 0.3) is 5.91 Å². The third kappa shape index (κ3) is 7.49. The molecule has 12 heteroatoms. The Hall–Kier alpha value is -2.53. The molecule has 2 amide bonds. The Bertz CT molecular complexity index is 1090. The Labute approximate surface area is 216 Å². The number of hydrogen-bond donors (Lipinski definition) is 4. The molecule has 0 unspecified atom stereocenters. The number of likely N-dealkylation sites (tertiary alicyclic amines) is 1. The van der Waals surface area contributed by atoms with Gasteiger partial charge >= 0.3 is 6.18 Å². The molecule has 0 radical (unpaired) electrons. The molecule has 7 nitrogen and oxygen atoms in total. The molecule has 1 fully saturated rings. The molecule has 0 bridgehead atoms. The predicted molar refractivity (Wildman–Crippen MR) is 132 cm³/mol. The molecular formula is C24H27Cl2F3N4O3. The third-order valence-electron chi connectivity index (χ3n) is 6.09. The molecule has 0 spiro atoms. The van der Waals surface area contributed by atoms with Crippen molar-refractivity contribution in [1.29, 1.82) is 0 Å². The number of halogens is 5. The lowest BCUT2D eigenvalue weighted by molar-refractivity contribution is -0.137. The number of hydrogen-bond acceptors (Lipinski definition) is 5. The zero-order valence-corrected chi connectivity index (χ0v) is 20.8. The summed E-state index contributed by atoms with van der Waals surface area (Å²) in [5.74, 6) is -1.41.